The van der Waals surface area contributed by atoms with E-state index in [1.807, 2.05) is 72.8 Å². The molecule has 0 aliphatic carbocycles. The molecule has 0 spiro atoms. The molecule has 4 nitrogen and oxygen atoms in total. The molecule has 0 radical (unpaired) electrons. The Bertz CT molecular complexity index is 1220. The highest BCUT2D eigenvalue weighted by Gasteiger charge is 2.13. The molecule has 0 unspecified atom stereocenters. The van der Waals surface area contributed by atoms with E-state index in [4.69, 9.17) is 0 Å². The van der Waals surface area contributed by atoms with Crippen LogP contribution in [0.25, 0.3) is 0 Å². The molecular formula is C33H33NO3. The molecule has 3 aromatic carbocycles. The monoisotopic (exact) mass is 491 g/mol. The summed E-state index contributed by atoms with van der Waals surface area (Å²) in [5.74, 6) is 17.5. The van der Waals surface area contributed by atoms with Crippen LogP contribution in [0.4, 0.5) is 17.1 Å². The van der Waals surface area contributed by atoms with Crippen molar-refractivity contribution in [1.29, 1.82) is 0 Å². The van der Waals surface area contributed by atoms with Crippen LogP contribution in [0.2, 0.25) is 0 Å². The fraction of sp³-hybridized carbons (Fsp3) is 0.273. The zero-order valence-electron chi connectivity index (χ0n) is 22.2. The average Bonchev–Trinajstić information content (AvgIpc) is 2.81. The molecule has 0 saturated heterocycles. The Kier molecular flexibility index (Phi) is 8.18. The van der Waals surface area contributed by atoms with Gasteiger partial charge >= 0.3 is 0 Å². The molecule has 0 bridgehead atoms. The summed E-state index contributed by atoms with van der Waals surface area (Å²) in [6.45, 7) is 9.92. The van der Waals surface area contributed by atoms with E-state index in [0.717, 1.165) is 33.8 Å². The molecule has 0 fully saturated rings. The van der Waals surface area contributed by atoms with E-state index in [1.54, 1.807) is 41.5 Å². The lowest BCUT2D eigenvalue weighted by molar-refractivity contribution is 0.143. The first-order chi connectivity index (χ1) is 17.2. The minimum Gasteiger partial charge on any atom is -0.378 e. The van der Waals surface area contributed by atoms with Gasteiger partial charge in [0.2, 0.25) is 0 Å². The number of anilines is 3. The average molecular weight is 492 g/mol. The summed E-state index contributed by atoms with van der Waals surface area (Å²) in [5, 5.41) is 29.7. The summed E-state index contributed by atoms with van der Waals surface area (Å²) >= 11 is 0. The molecule has 3 aromatic rings. The topological polar surface area (TPSA) is 63.9 Å². The lowest BCUT2D eigenvalue weighted by atomic mass is 10.1. The van der Waals surface area contributed by atoms with Gasteiger partial charge in [0.1, 0.15) is 16.8 Å². The Morgan fingerprint density at radius 1 is 0.432 bits per heavy atom. The summed E-state index contributed by atoms with van der Waals surface area (Å²) in [4.78, 5) is 2.10. The van der Waals surface area contributed by atoms with Crippen LogP contribution < -0.4 is 4.90 Å². The second kappa shape index (κ2) is 11.0. The number of benzene rings is 3. The molecule has 4 heteroatoms. The van der Waals surface area contributed by atoms with Crippen molar-refractivity contribution in [2.24, 2.45) is 0 Å². The molecule has 0 atom stereocenters. The van der Waals surface area contributed by atoms with E-state index < -0.39 is 16.8 Å². The molecule has 0 aromatic heterocycles. The molecular weight excluding hydrogens is 458 g/mol. The van der Waals surface area contributed by atoms with Crippen LogP contribution in [0, 0.1) is 35.5 Å². The van der Waals surface area contributed by atoms with Crippen molar-refractivity contribution >= 4 is 17.1 Å². The number of nitrogens with zero attached hydrogens (tertiary/aromatic N) is 1. The molecule has 0 amide bonds. The summed E-state index contributed by atoms with van der Waals surface area (Å²) in [7, 11) is 0. The van der Waals surface area contributed by atoms with Crippen LogP contribution >= 0.6 is 0 Å². The van der Waals surface area contributed by atoms with E-state index in [1.165, 1.54) is 0 Å². The number of hydrogen-bond acceptors (Lipinski definition) is 4. The summed E-state index contributed by atoms with van der Waals surface area (Å²) in [6.07, 6.45) is 0. The minimum atomic E-state index is -1.06. The standard InChI is InChI=1S/C33H33NO3/c1-31(2,35)22-19-25-7-13-28(14-8-25)34(29-15-9-26(10-16-29)20-23-32(3,4)36)30-17-11-27(12-18-30)21-24-33(5,6)37/h7-18,35-37H,1-6H3. The van der Waals surface area contributed by atoms with E-state index in [9.17, 15) is 15.3 Å². The Labute approximate surface area is 220 Å². The van der Waals surface area contributed by atoms with Gasteiger partial charge in [0.25, 0.3) is 0 Å². The molecule has 0 saturated carbocycles. The maximum atomic E-state index is 9.90. The van der Waals surface area contributed by atoms with Gasteiger partial charge in [-0.2, -0.15) is 0 Å². The van der Waals surface area contributed by atoms with Crippen molar-refractivity contribution in [1.82, 2.24) is 0 Å². The van der Waals surface area contributed by atoms with Crippen molar-refractivity contribution in [3.63, 3.8) is 0 Å². The zero-order chi connectivity index (χ0) is 27.3. The van der Waals surface area contributed by atoms with Crippen LogP contribution in [0.5, 0.6) is 0 Å². The number of aliphatic hydroxyl groups is 3. The fourth-order valence-electron chi connectivity index (χ4n) is 3.20. The van der Waals surface area contributed by atoms with Gasteiger partial charge in [0, 0.05) is 33.8 Å². The minimum absolute atomic E-state index is 0.806. The zero-order valence-corrected chi connectivity index (χ0v) is 22.2. The summed E-state index contributed by atoms with van der Waals surface area (Å²) in [5.41, 5.74) is 2.03. The summed E-state index contributed by atoms with van der Waals surface area (Å²) in [6, 6.07) is 23.5. The van der Waals surface area contributed by atoms with Gasteiger partial charge in [-0.1, -0.05) is 35.5 Å². The third-order valence-corrected chi connectivity index (χ3v) is 4.91. The van der Waals surface area contributed by atoms with Crippen molar-refractivity contribution < 1.29 is 15.3 Å². The van der Waals surface area contributed by atoms with Gasteiger partial charge in [0.05, 0.1) is 0 Å². The largest absolute Gasteiger partial charge is 0.378 e. The quantitative estimate of drug-likeness (QED) is 0.422. The van der Waals surface area contributed by atoms with Gasteiger partial charge in [-0.25, -0.2) is 0 Å². The molecule has 0 aliphatic heterocycles. The molecule has 3 N–H and O–H groups in total. The van der Waals surface area contributed by atoms with Crippen LogP contribution in [-0.4, -0.2) is 32.1 Å². The lowest BCUT2D eigenvalue weighted by Crippen LogP contribution is -2.14. The van der Waals surface area contributed by atoms with Crippen LogP contribution in [-0.2, 0) is 0 Å². The fourth-order valence-corrected chi connectivity index (χ4v) is 3.20. The third-order valence-electron chi connectivity index (χ3n) is 4.91. The van der Waals surface area contributed by atoms with Crippen LogP contribution in [0.1, 0.15) is 58.2 Å². The second-order valence-corrected chi connectivity index (χ2v) is 10.4. The van der Waals surface area contributed by atoms with Gasteiger partial charge in [-0.15, -0.1) is 0 Å². The first-order valence-corrected chi connectivity index (χ1v) is 12.1. The van der Waals surface area contributed by atoms with E-state index in [0.29, 0.717) is 0 Å². The maximum absolute atomic E-state index is 9.90. The Hall–Kier alpha value is -3.98. The maximum Gasteiger partial charge on any atom is 0.120 e. The van der Waals surface area contributed by atoms with Crippen LogP contribution in [0.15, 0.2) is 72.8 Å². The van der Waals surface area contributed by atoms with Crippen molar-refractivity contribution in [2.45, 2.75) is 58.3 Å². The first kappa shape index (κ1) is 27.6. The van der Waals surface area contributed by atoms with Crippen molar-refractivity contribution in [3.8, 4) is 35.5 Å². The van der Waals surface area contributed by atoms with Crippen molar-refractivity contribution in [2.75, 3.05) is 4.90 Å². The Morgan fingerprint density at radius 3 is 0.838 bits per heavy atom. The predicted octanol–water partition coefficient (Wildman–Crippen LogP) is 5.52. The predicted molar refractivity (Wildman–Crippen MR) is 151 cm³/mol. The van der Waals surface area contributed by atoms with Crippen LogP contribution in [0.3, 0.4) is 0 Å². The van der Waals surface area contributed by atoms with E-state index in [2.05, 4.69) is 40.4 Å². The molecule has 3 rings (SSSR count). The molecule has 37 heavy (non-hydrogen) atoms. The van der Waals surface area contributed by atoms with Gasteiger partial charge < -0.3 is 20.2 Å². The van der Waals surface area contributed by atoms with E-state index >= 15 is 0 Å². The van der Waals surface area contributed by atoms with Gasteiger partial charge in [-0.3, -0.25) is 0 Å². The SMILES string of the molecule is CC(C)(O)C#Cc1ccc(N(c2ccc(C#CC(C)(C)O)cc2)c2ccc(C#CC(C)(C)O)cc2)cc1. The number of rotatable bonds is 3. The van der Waals surface area contributed by atoms with Gasteiger partial charge in [-0.05, 0) is 114 Å². The first-order valence-electron chi connectivity index (χ1n) is 12.1. The number of hydrogen-bond donors (Lipinski definition) is 3. The normalized spacial score (nSPS) is 11.3. The van der Waals surface area contributed by atoms with E-state index in [-0.39, 0.29) is 0 Å². The Morgan fingerprint density at radius 2 is 0.649 bits per heavy atom. The smallest absolute Gasteiger partial charge is 0.120 e. The van der Waals surface area contributed by atoms with Gasteiger partial charge in [0.15, 0.2) is 0 Å². The third kappa shape index (κ3) is 9.20. The molecule has 0 aliphatic rings. The van der Waals surface area contributed by atoms with Crippen molar-refractivity contribution in [3.05, 3.63) is 89.5 Å². The highest BCUT2D eigenvalue weighted by atomic mass is 16.3. The second-order valence-electron chi connectivity index (χ2n) is 10.4. The highest BCUT2D eigenvalue weighted by Crippen LogP contribution is 2.34. The Balaban J connectivity index is 2.01. The highest BCUT2D eigenvalue weighted by molar-refractivity contribution is 5.77. The lowest BCUT2D eigenvalue weighted by Gasteiger charge is -2.25. The summed E-state index contributed by atoms with van der Waals surface area (Å²) < 4.78 is 0. The molecule has 0 heterocycles. The molecule has 188 valence electrons.